The van der Waals surface area contributed by atoms with Crippen molar-refractivity contribution in [3.63, 3.8) is 0 Å². The Labute approximate surface area is 126 Å². The lowest BCUT2D eigenvalue weighted by atomic mass is 9.91. The van der Waals surface area contributed by atoms with Crippen LogP contribution in [0.15, 0.2) is 0 Å². The van der Waals surface area contributed by atoms with E-state index in [1.54, 1.807) is 4.90 Å². The fraction of sp³-hybridized carbons (Fsp3) is 0.867. The molecule has 3 atom stereocenters. The molecule has 0 aliphatic carbocycles. The summed E-state index contributed by atoms with van der Waals surface area (Å²) in [7, 11) is 0. The minimum absolute atomic E-state index is 0.0437. The molecule has 0 aromatic carbocycles. The maximum Gasteiger partial charge on any atom is 0.245 e. The molecular formula is C15H27N3O3. The average molecular weight is 297 g/mol. The highest BCUT2D eigenvalue weighted by molar-refractivity contribution is 5.90. The Kier molecular flexibility index (Phi) is 5.99. The number of hydrogen-bond donors (Lipinski definition) is 2. The van der Waals surface area contributed by atoms with Crippen LogP contribution in [0.25, 0.3) is 0 Å². The van der Waals surface area contributed by atoms with E-state index in [2.05, 4.69) is 17.6 Å². The second-order valence-corrected chi connectivity index (χ2v) is 5.96. The first-order valence-electron chi connectivity index (χ1n) is 8.04. The molecule has 2 N–H and O–H groups in total. The van der Waals surface area contributed by atoms with Crippen LogP contribution in [0.4, 0.5) is 0 Å². The molecule has 0 aromatic heterocycles. The highest BCUT2D eigenvalue weighted by atomic mass is 16.5. The smallest absolute Gasteiger partial charge is 0.245 e. The summed E-state index contributed by atoms with van der Waals surface area (Å²) in [5.74, 6) is 0.254. The third-order valence-corrected chi connectivity index (χ3v) is 4.30. The van der Waals surface area contributed by atoms with Crippen molar-refractivity contribution >= 4 is 11.8 Å². The fourth-order valence-corrected chi connectivity index (χ4v) is 3.01. The predicted octanol–water partition coefficient (Wildman–Crippen LogP) is 0.128. The Morgan fingerprint density at radius 2 is 2.24 bits per heavy atom. The maximum absolute atomic E-state index is 12.8. The number of hydrogen-bond acceptors (Lipinski definition) is 4. The average Bonchev–Trinajstić information content (AvgIpc) is 2.52. The molecule has 2 amide bonds. The number of ether oxygens (including phenoxy) is 1. The molecule has 0 saturated carbocycles. The number of amides is 2. The Bertz CT molecular complexity index is 375. The van der Waals surface area contributed by atoms with Gasteiger partial charge in [0, 0.05) is 13.1 Å². The van der Waals surface area contributed by atoms with Crippen molar-refractivity contribution < 1.29 is 14.3 Å². The third kappa shape index (κ3) is 3.95. The number of rotatable bonds is 4. The van der Waals surface area contributed by atoms with Gasteiger partial charge >= 0.3 is 0 Å². The lowest BCUT2D eigenvalue weighted by Gasteiger charge is -2.39. The number of nitrogens with one attached hydrogen (secondary N) is 2. The summed E-state index contributed by atoms with van der Waals surface area (Å²) in [4.78, 5) is 26.7. The Morgan fingerprint density at radius 1 is 1.43 bits per heavy atom. The summed E-state index contributed by atoms with van der Waals surface area (Å²) in [6, 6.07) is -0.660. The molecule has 0 radical (unpaired) electrons. The van der Waals surface area contributed by atoms with Gasteiger partial charge in [-0.3, -0.25) is 9.59 Å². The van der Waals surface area contributed by atoms with Gasteiger partial charge in [-0.05, 0) is 31.7 Å². The van der Waals surface area contributed by atoms with E-state index in [4.69, 9.17) is 4.74 Å². The zero-order valence-corrected chi connectivity index (χ0v) is 13.1. The van der Waals surface area contributed by atoms with E-state index in [0.29, 0.717) is 32.2 Å². The Morgan fingerprint density at radius 3 is 2.95 bits per heavy atom. The highest BCUT2D eigenvalue weighted by Gasteiger charge is 2.38. The molecule has 3 unspecified atom stereocenters. The molecule has 0 aromatic rings. The molecule has 0 bridgehead atoms. The fourth-order valence-electron chi connectivity index (χ4n) is 3.01. The van der Waals surface area contributed by atoms with Crippen molar-refractivity contribution in [2.45, 2.75) is 45.2 Å². The van der Waals surface area contributed by atoms with Gasteiger partial charge in [-0.2, -0.15) is 0 Å². The molecule has 2 aliphatic heterocycles. The Hall–Kier alpha value is -1.14. The van der Waals surface area contributed by atoms with E-state index in [0.717, 1.165) is 25.8 Å². The molecule has 2 fully saturated rings. The number of nitrogens with zero attached hydrogens (tertiary/aromatic N) is 1. The van der Waals surface area contributed by atoms with Crippen LogP contribution in [-0.4, -0.2) is 61.6 Å². The Balaban J connectivity index is 2.03. The standard InChI is InChI=1S/C15H27N3O3/c1-3-6-17-14(19)12-10-21-9-8-18(12)15(20)13-11(2)5-4-7-16-13/h11-13,16H,3-10H2,1-2H3,(H,17,19). The predicted molar refractivity (Wildman–Crippen MR) is 79.8 cm³/mol. The normalized spacial score (nSPS) is 30.0. The van der Waals surface area contributed by atoms with Crippen LogP contribution >= 0.6 is 0 Å². The van der Waals surface area contributed by atoms with E-state index in [1.165, 1.54) is 0 Å². The molecule has 6 heteroatoms. The topological polar surface area (TPSA) is 70.7 Å². The molecular weight excluding hydrogens is 270 g/mol. The van der Waals surface area contributed by atoms with Gasteiger partial charge < -0.3 is 20.3 Å². The van der Waals surface area contributed by atoms with Crippen molar-refractivity contribution in [1.82, 2.24) is 15.5 Å². The van der Waals surface area contributed by atoms with Crippen molar-refractivity contribution in [3.8, 4) is 0 Å². The van der Waals surface area contributed by atoms with Crippen molar-refractivity contribution in [1.29, 1.82) is 0 Å². The summed E-state index contributed by atoms with van der Waals surface area (Å²) < 4.78 is 5.40. The molecule has 6 nitrogen and oxygen atoms in total. The van der Waals surface area contributed by atoms with Crippen LogP contribution in [0, 0.1) is 5.92 Å². The van der Waals surface area contributed by atoms with Gasteiger partial charge in [0.05, 0.1) is 19.3 Å². The van der Waals surface area contributed by atoms with Crippen molar-refractivity contribution in [2.24, 2.45) is 5.92 Å². The first-order chi connectivity index (χ1) is 10.1. The minimum Gasteiger partial charge on any atom is -0.377 e. The number of morpholine rings is 1. The second kappa shape index (κ2) is 7.75. The summed E-state index contributed by atoms with van der Waals surface area (Å²) in [6.45, 7) is 6.91. The van der Waals surface area contributed by atoms with Gasteiger partial charge in [-0.1, -0.05) is 13.8 Å². The molecule has 21 heavy (non-hydrogen) atoms. The minimum atomic E-state index is -0.492. The quantitative estimate of drug-likeness (QED) is 0.774. The maximum atomic E-state index is 12.8. The van der Waals surface area contributed by atoms with E-state index in [9.17, 15) is 9.59 Å². The molecule has 2 rings (SSSR count). The van der Waals surface area contributed by atoms with Crippen molar-refractivity contribution in [3.05, 3.63) is 0 Å². The van der Waals surface area contributed by atoms with Gasteiger partial charge in [0.25, 0.3) is 0 Å². The summed E-state index contributed by atoms with van der Waals surface area (Å²) >= 11 is 0. The number of carbonyl (C=O) groups excluding carboxylic acids is 2. The molecule has 2 aliphatic rings. The van der Waals surface area contributed by atoms with Gasteiger partial charge in [-0.15, -0.1) is 0 Å². The SMILES string of the molecule is CCCNC(=O)C1COCCN1C(=O)C1NCCCC1C. The van der Waals surface area contributed by atoms with E-state index < -0.39 is 6.04 Å². The summed E-state index contributed by atoms with van der Waals surface area (Å²) in [6.07, 6.45) is 3.05. The van der Waals surface area contributed by atoms with Gasteiger partial charge in [0.1, 0.15) is 6.04 Å². The highest BCUT2D eigenvalue weighted by Crippen LogP contribution is 2.19. The van der Waals surface area contributed by atoms with Crippen LogP contribution in [0.2, 0.25) is 0 Å². The van der Waals surface area contributed by atoms with Crippen LogP contribution < -0.4 is 10.6 Å². The lowest BCUT2D eigenvalue weighted by molar-refractivity contribution is -0.151. The largest absolute Gasteiger partial charge is 0.377 e. The first-order valence-corrected chi connectivity index (χ1v) is 8.04. The zero-order chi connectivity index (χ0) is 15.2. The molecule has 2 saturated heterocycles. The zero-order valence-electron chi connectivity index (χ0n) is 13.1. The number of piperidine rings is 1. The van der Waals surface area contributed by atoms with Crippen molar-refractivity contribution in [2.75, 3.05) is 32.8 Å². The van der Waals surface area contributed by atoms with Crippen LogP contribution in [0.5, 0.6) is 0 Å². The van der Waals surface area contributed by atoms with E-state index in [1.807, 2.05) is 6.92 Å². The monoisotopic (exact) mass is 297 g/mol. The van der Waals surface area contributed by atoms with Gasteiger partial charge in [0.2, 0.25) is 11.8 Å². The molecule has 0 spiro atoms. The third-order valence-electron chi connectivity index (χ3n) is 4.30. The van der Waals surface area contributed by atoms with E-state index >= 15 is 0 Å². The molecule has 2 heterocycles. The second-order valence-electron chi connectivity index (χ2n) is 5.96. The van der Waals surface area contributed by atoms with E-state index in [-0.39, 0.29) is 17.9 Å². The van der Waals surface area contributed by atoms with Crippen LogP contribution in [0.1, 0.15) is 33.1 Å². The molecule has 120 valence electrons. The summed E-state index contributed by atoms with van der Waals surface area (Å²) in [5.41, 5.74) is 0. The first kappa shape index (κ1) is 16.2. The lowest BCUT2D eigenvalue weighted by Crippen LogP contribution is -2.61. The van der Waals surface area contributed by atoms with Crippen LogP contribution in [0.3, 0.4) is 0 Å². The summed E-state index contributed by atoms with van der Waals surface area (Å²) in [5, 5.41) is 6.17. The van der Waals surface area contributed by atoms with Gasteiger partial charge in [-0.25, -0.2) is 0 Å². The van der Waals surface area contributed by atoms with Crippen LogP contribution in [-0.2, 0) is 14.3 Å². The number of carbonyl (C=O) groups is 2. The van der Waals surface area contributed by atoms with Gasteiger partial charge in [0.15, 0.2) is 0 Å².